The van der Waals surface area contributed by atoms with E-state index >= 15 is 0 Å². The molecule has 35 heavy (non-hydrogen) atoms. The van der Waals surface area contributed by atoms with Gasteiger partial charge in [0.2, 0.25) is 0 Å². The van der Waals surface area contributed by atoms with E-state index in [1.165, 1.54) is 12.1 Å². The topological polar surface area (TPSA) is 113 Å². The molecule has 1 aromatic carbocycles. The monoisotopic (exact) mass is 483 g/mol. The number of rotatable bonds is 3. The molecule has 3 N–H and O–H groups in total. The van der Waals surface area contributed by atoms with Crippen molar-refractivity contribution in [3.05, 3.63) is 47.3 Å². The molecule has 2 aromatic rings. The van der Waals surface area contributed by atoms with E-state index in [0.717, 1.165) is 0 Å². The third-order valence-electron chi connectivity index (χ3n) is 9.54. The molecule has 2 saturated carbocycles. The quantitative estimate of drug-likeness (QED) is 0.575. The number of benzene rings is 1. The summed E-state index contributed by atoms with van der Waals surface area (Å²) in [4.78, 5) is 14.4. The molecule has 186 valence electrons. The molecule has 1 unspecified atom stereocenters. The van der Waals surface area contributed by atoms with Gasteiger partial charge in [-0.1, -0.05) is 39.0 Å². The maximum Gasteiger partial charge on any atom is 0.265 e. The van der Waals surface area contributed by atoms with Crippen LogP contribution in [-0.2, 0) is 4.79 Å². The summed E-state index contributed by atoms with van der Waals surface area (Å²) in [5, 5.41) is 38.2. The molecule has 4 aliphatic rings. The van der Waals surface area contributed by atoms with Crippen LogP contribution in [0.3, 0.4) is 0 Å². The van der Waals surface area contributed by atoms with E-state index < -0.39 is 41.6 Å². The average Bonchev–Trinajstić information content (AvgIpc) is 3.09. The van der Waals surface area contributed by atoms with Crippen molar-refractivity contribution in [2.45, 2.75) is 51.9 Å². The number of halogens is 1. The minimum Gasteiger partial charge on any atom is -0.464 e. The largest absolute Gasteiger partial charge is 0.464 e. The van der Waals surface area contributed by atoms with Crippen molar-refractivity contribution in [1.82, 2.24) is 5.16 Å². The van der Waals surface area contributed by atoms with Crippen LogP contribution in [0.25, 0.3) is 11.0 Å². The number of allylic oxidation sites excluding steroid dienone is 1. The Morgan fingerprint density at radius 2 is 2.06 bits per heavy atom. The first-order chi connectivity index (χ1) is 16.5. The second-order valence-electron chi connectivity index (χ2n) is 11.5. The Hall–Kier alpha value is -2.55. The molecule has 8 atom stereocenters. The van der Waals surface area contributed by atoms with Gasteiger partial charge in [0.1, 0.15) is 17.3 Å². The van der Waals surface area contributed by atoms with Crippen molar-refractivity contribution in [3.8, 4) is 5.88 Å². The van der Waals surface area contributed by atoms with Gasteiger partial charge >= 0.3 is 0 Å². The number of hydrogen-bond acceptors (Lipinski definition) is 7. The summed E-state index contributed by atoms with van der Waals surface area (Å²) < 4.78 is 26.0. The minimum absolute atomic E-state index is 0.0204. The van der Waals surface area contributed by atoms with Crippen LogP contribution >= 0.6 is 0 Å². The van der Waals surface area contributed by atoms with E-state index in [2.05, 4.69) is 19.0 Å². The fraction of sp³-hybridized carbons (Fsp3) is 0.556. The molecule has 1 spiro atoms. The number of ketones is 1. The molecule has 2 fully saturated rings. The standard InChI is InChI=1S/C27H30FNO6/c1-12-10-26-13(2)8-16-20(25(16,3)4)15(22(26)32)9-14(11-30)21(31)27(26,33)23(12)34-24-19-17(28)6-5-7-18(19)35-29-24/h5-7,9-10,13,15-16,20-21,23,30-31,33H,8,11H2,1-4H3/t13-,15+,16-,20+,21-,23+,26?,27+/m1/s1. The Labute approximate surface area is 202 Å². The first-order valence-corrected chi connectivity index (χ1v) is 12.2. The van der Waals surface area contributed by atoms with Gasteiger partial charge in [-0.3, -0.25) is 4.79 Å². The van der Waals surface area contributed by atoms with Crippen LogP contribution in [0.1, 0.15) is 34.1 Å². The van der Waals surface area contributed by atoms with Crippen molar-refractivity contribution in [2.24, 2.45) is 34.5 Å². The van der Waals surface area contributed by atoms with Crippen LogP contribution in [0.2, 0.25) is 0 Å². The van der Waals surface area contributed by atoms with Crippen molar-refractivity contribution in [3.63, 3.8) is 0 Å². The van der Waals surface area contributed by atoms with E-state index in [1.54, 1.807) is 25.1 Å². The van der Waals surface area contributed by atoms with Gasteiger partial charge in [-0.15, -0.1) is 0 Å². The molecule has 7 nitrogen and oxygen atoms in total. The molecule has 6 rings (SSSR count). The second-order valence-corrected chi connectivity index (χ2v) is 11.5. The zero-order chi connectivity index (χ0) is 25.1. The molecule has 2 bridgehead atoms. The highest BCUT2D eigenvalue weighted by molar-refractivity contribution is 5.95. The number of aromatic nitrogens is 1. The van der Waals surface area contributed by atoms with E-state index in [0.29, 0.717) is 12.0 Å². The molecule has 8 heteroatoms. The van der Waals surface area contributed by atoms with Gasteiger partial charge in [0.05, 0.1) is 12.0 Å². The first kappa shape index (κ1) is 22.9. The maximum atomic E-state index is 14.6. The molecule has 1 aromatic heterocycles. The molecule has 0 saturated heterocycles. The highest BCUT2D eigenvalue weighted by Gasteiger charge is 2.76. The zero-order valence-electron chi connectivity index (χ0n) is 20.2. The average molecular weight is 484 g/mol. The van der Waals surface area contributed by atoms with Crippen molar-refractivity contribution in [2.75, 3.05) is 6.61 Å². The Morgan fingerprint density at radius 1 is 1.31 bits per heavy atom. The predicted octanol–water partition coefficient (Wildman–Crippen LogP) is 3.18. The van der Waals surface area contributed by atoms with Crippen LogP contribution in [0, 0.1) is 40.3 Å². The lowest BCUT2D eigenvalue weighted by Crippen LogP contribution is -2.66. The molecule has 0 radical (unpaired) electrons. The van der Waals surface area contributed by atoms with Gasteiger partial charge in [0.25, 0.3) is 5.88 Å². The first-order valence-electron chi connectivity index (χ1n) is 12.2. The summed E-state index contributed by atoms with van der Waals surface area (Å²) in [7, 11) is 0. The summed E-state index contributed by atoms with van der Waals surface area (Å²) in [6.07, 6.45) is 1.32. The zero-order valence-corrected chi connectivity index (χ0v) is 20.2. The Balaban J connectivity index is 1.53. The van der Waals surface area contributed by atoms with Gasteiger partial charge in [-0.2, -0.15) is 0 Å². The van der Waals surface area contributed by atoms with Crippen LogP contribution in [-0.4, -0.2) is 50.7 Å². The highest BCUT2D eigenvalue weighted by atomic mass is 19.1. The van der Waals surface area contributed by atoms with Gasteiger partial charge in [0.15, 0.2) is 23.1 Å². The number of aliphatic hydroxyl groups is 3. The number of hydrogen-bond donors (Lipinski definition) is 3. The Morgan fingerprint density at radius 3 is 2.77 bits per heavy atom. The maximum absolute atomic E-state index is 14.6. The normalized spacial score (nSPS) is 41.4. The van der Waals surface area contributed by atoms with E-state index in [-0.39, 0.29) is 51.4 Å². The molecule has 0 amide bonds. The van der Waals surface area contributed by atoms with Gasteiger partial charge in [-0.05, 0) is 64.9 Å². The summed E-state index contributed by atoms with van der Waals surface area (Å²) in [5.74, 6) is -1.44. The third kappa shape index (κ3) is 2.60. The smallest absolute Gasteiger partial charge is 0.265 e. The number of fused-ring (bicyclic) bond motifs is 4. The SMILES string of the molecule is CC1=CC23C(=O)[C@@H](C=C(CO)[C@@H](O)[C@]2(O)[C@H]1Oc1noc2cccc(F)c12)[C@H]1[C@@H](C[C@H]3C)C1(C)C. The number of carbonyl (C=O) groups is 1. The Kier molecular flexibility index (Phi) is 4.59. The Bertz CT molecular complexity index is 1310. The summed E-state index contributed by atoms with van der Waals surface area (Å²) >= 11 is 0. The van der Waals surface area contributed by atoms with Crippen molar-refractivity contribution < 1.29 is 33.8 Å². The van der Waals surface area contributed by atoms with Crippen LogP contribution < -0.4 is 4.74 Å². The molecule has 0 aliphatic heterocycles. The third-order valence-corrected chi connectivity index (χ3v) is 9.54. The van der Waals surface area contributed by atoms with Crippen molar-refractivity contribution in [1.29, 1.82) is 0 Å². The summed E-state index contributed by atoms with van der Waals surface area (Å²) in [6.45, 7) is 7.44. The van der Waals surface area contributed by atoms with Crippen molar-refractivity contribution >= 4 is 16.8 Å². The lowest BCUT2D eigenvalue weighted by molar-refractivity contribution is -0.186. The molecular weight excluding hydrogens is 453 g/mol. The van der Waals surface area contributed by atoms with Crippen LogP contribution in [0.5, 0.6) is 5.88 Å². The molecule has 1 heterocycles. The van der Waals surface area contributed by atoms with Gasteiger partial charge in [0, 0.05) is 5.92 Å². The highest BCUT2D eigenvalue weighted by Crippen LogP contribution is 2.71. The number of Topliss-reactive ketones (excluding diaryl/α,β-unsaturated/α-hetero) is 1. The number of ether oxygens (including phenoxy) is 1. The fourth-order valence-corrected chi connectivity index (χ4v) is 7.71. The minimum atomic E-state index is -2.13. The van der Waals surface area contributed by atoms with E-state index in [1.807, 2.05) is 6.92 Å². The summed E-state index contributed by atoms with van der Waals surface area (Å²) in [5.41, 5.74) is -2.72. The second kappa shape index (κ2) is 7.02. The summed E-state index contributed by atoms with van der Waals surface area (Å²) in [6, 6.07) is 4.29. The van der Waals surface area contributed by atoms with E-state index in [4.69, 9.17) is 9.26 Å². The van der Waals surface area contributed by atoms with E-state index in [9.17, 15) is 24.5 Å². The number of nitrogens with zero attached hydrogens (tertiary/aromatic N) is 1. The van der Waals surface area contributed by atoms with Gasteiger partial charge in [-0.25, -0.2) is 4.39 Å². The van der Waals surface area contributed by atoms with Crippen LogP contribution in [0.4, 0.5) is 4.39 Å². The molecular formula is C27H30FNO6. The van der Waals surface area contributed by atoms with Gasteiger partial charge < -0.3 is 24.6 Å². The molecule has 4 aliphatic carbocycles. The number of aliphatic hydroxyl groups excluding tert-OH is 2. The fourth-order valence-electron chi connectivity index (χ4n) is 7.71. The lowest BCUT2D eigenvalue weighted by Gasteiger charge is -2.48. The van der Waals surface area contributed by atoms with Crippen LogP contribution in [0.15, 0.2) is 46.0 Å². The predicted molar refractivity (Wildman–Crippen MR) is 124 cm³/mol. The number of carbonyl (C=O) groups excluding carboxylic acids is 1. The lowest BCUT2D eigenvalue weighted by atomic mass is 9.59.